The summed E-state index contributed by atoms with van der Waals surface area (Å²) in [6.07, 6.45) is 0. The maximum Gasteiger partial charge on any atom is 0.128 e. The van der Waals surface area contributed by atoms with Gasteiger partial charge >= 0.3 is 0 Å². The van der Waals surface area contributed by atoms with Gasteiger partial charge in [-0.05, 0) is 26.0 Å². The summed E-state index contributed by atoms with van der Waals surface area (Å²) in [4.78, 5) is 0. The van der Waals surface area contributed by atoms with Crippen molar-refractivity contribution in [1.29, 1.82) is 0 Å². The van der Waals surface area contributed by atoms with Gasteiger partial charge in [-0.15, -0.1) is 0 Å². The van der Waals surface area contributed by atoms with Gasteiger partial charge in [-0.25, -0.2) is 0 Å². The predicted octanol–water partition coefficient (Wildman–Crippen LogP) is 1.58. The molecular weight excluding hydrogens is 234 g/mol. The van der Waals surface area contributed by atoms with Crippen LogP contribution in [0.25, 0.3) is 0 Å². The first kappa shape index (κ1) is 14.5. The van der Waals surface area contributed by atoms with Crippen molar-refractivity contribution in [3.05, 3.63) is 29.3 Å². The molecule has 18 heavy (non-hydrogen) atoms. The molecule has 1 aromatic carbocycles. The van der Waals surface area contributed by atoms with Gasteiger partial charge < -0.3 is 19.8 Å². The van der Waals surface area contributed by atoms with Crippen LogP contribution in [0.4, 0.5) is 0 Å². The molecular formula is C13H19NO4. The number of rotatable bonds is 7. The second-order valence-corrected chi connectivity index (χ2v) is 3.87. The van der Waals surface area contributed by atoms with Gasteiger partial charge in [-0.2, -0.15) is 0 Å². The Balaban J connectivity index is 2.64. The molecule has 0 amide bonds. The van der Waals surface area contributed by atoms with E-state index in [2.05, 4.69) is 5.16 Å². The highest BCUT2D eigenvalue weighted by molar-refractivity contribution is 6.00. The van der Waals surface area contributed by atoms with E-state index in [1.165, 1.54) is 0 Å². The summed E-state index contributed by atoms with van der Waals surface area (Å²) in [5.74, 6) is 0.656. The van der Waals surface area contributed by atoms with Crippen LogP contribution in [0.5, 0.6) is 5.75 Å². The molecule has 0 unspecified atom stereocenters. The molecule has 1 rings (SSSR count). The lowest BCUT2D eigenvalue weighted by molar-refractivity contribution is 0.0705. The van der Waals surface area contributed by atoms with Crippen LogP contribution in [0.15, 0.2) is 23.4 Å². The molecule has 0 spiro atoms. The molecule has 0 heterocycles. The number of benzene rings is 1. The van der Waals surface area contributed by atoms with Crippen molar-refractivity contribution in [3.8, 4) is 5.75 Å². The Labute approximate surface area is 107 Å². The summed E-state index contributed by atoms with van der Waals surface area (Å²) in [5.41, 5.74) is 2.33. The number of hydrogen-bond acceptors (Lipinski definition) is 5. The lowest BCUT2D eigenvalue weighted by Crippen LogP contribution is -2.11. The average molecular weight is 253 g/mol. The molecule has 0 aliphatic heterocycles. The van der Waals surface area contributed by atoms with Crippen LogP contribution in [0.3, 0.4) is 0 Å². The van der Waals surface area contributed by atoms with E-state index in [1.54, 1.807) is 6.92 Å². The fourth-order valence-corrected chi connectivity index (χ4v) is 1.48. The summed E-state index contributed by atoms with van der Waals surface area (Å²) in [5, 5.41) is 20.6. The number of ether oxygens (including phenoxy) is 2. The van der Waals surface area contributed by atoms with Gasteiger partial charge in [-0.3, -0.25) is 0 Å². The van der Waals surface area contributed by atoms with Crippen LogP contribution in [0, 0.1) is 6.92 Å². The van der Waals surface area contributed by atoms with Gasteiger partial charge in [0.05, 0.1) is 25.5 Å². The van der Waals surface area contributed by atoms with Crippen molar-refractivity contribution < 1.29 is 19.8 Å². The Morgan fingerprint density at radius 1 is 1.28 bits per heavy atom. The smallest absolute Gasteiger partial charge is 0.128 e. The van der Waals surface area contributed by atoms with Crippen molar-refractivity contribution in [2.45, 2.75) is 13.8 Å². The van der Waals surface area contributed by atoms with Crippen LogP contribution in [-0.2, 0) is 4.74 Å². The normalized spacial score (nSPS) is 11.6. The highest BCUT2D eigenvalue weighted by atomic mass is 16.5. The summed E-state index contributed by atoms with van der Waals surface area (Å²) in [6, 6.07) is 5.67. The van der Waals surface area contributed by atoms with Crippen molar-refractivity contribution in [2.75, 3.05) is 26.4 Å². The van der Waals surface area contributed by atoms with Gasteiger partial charge in [0.15, 0.2) is 0 Å². The molecule has 5 heteroatoms. The van der Waals surface area contributed by atoms with Crippen LogP contribution in [-0.4, -0.2) is 42.5 Å². The SMILES string of the molecule is C/C(=N/O)c1cc(C)ccc1OCCOCCO. The minimum atomic E-state index is 0.00601. The minimum absolute atomic E-state index is 0.00601. The molecule has 0 fully saturated rings. The van der Waals surface area contributed by atoms with E-state index in [-0.39, 0.29) is 6.61 Å². The van der Waals surface area contributed by atoms with Crippen LogP contribution in [0.1, 0.15) is 18.1 Å². The number of oxime groups is 1. The minimum Gasteiger partial charge on any atom is -0.490 e. The van der Waals surface area contributed by atoms with E-state index in [9.17, 15) is 0 Å². The van der Waals surface area contributed by atoms with E-state index >= 15 is 0 Å². The second kappa shape index (κ2) is 7.68. The number of aliphatic hydroxyl groups is 1. The Hall–Kier alpha value is -1.59. The highest BCUT2D eigenvalue weighted by Gasteiger charge is 2.07. The second-order valence-electron chi connectivity index (χ2n) is 3.87. The molecule has 0 aliphatic carbocycles. The fraction of sp³-hybridized carbons (Fsp3) is 0.462. The highest BCUT2D eigenvalue weighted by Crippen LogP contribution is 2.20. The number of aryl methyl sites for hydroxylation is 1. The van der Waals surface area contributed by atoms with Gasteiger partial charge in [0.1, 0.15) is 12.4 Å². The fourth-order valence-electron chi connectivity index (χ4n) is 1.48. The van der Waals surface area contributed by atoms with E-state index in [0.29, 0.717) is 31.3 Å². The van der Waals surface area contributed by atoms with Gasteiger partial charge in [0.2, 0.25) is 0 Å². The van der Waals surface area contributed by atoms with Crippen molar-refractivity contribution in [3.63, 3.8) is 0 Å². The zero-order valence-corrected chi connectivity index (χ0v) is 10.7. The van der Waals surface area contributed by atoms with Crippen LogP contribution in [0.2, 0.25) is 0 Å². The van der Waals surface area contributed by atoms with Crippen LogP contribution >= 0.6 is 0 Å². The third kappa shape index (κ3) is 4.35. The third-order valence-electron chi connectivity index (χ3n) is 2.40. The molecule has 100 valence electrons. The van der Waals surface area contributed by atoms with Crippen molar-refractivity contribution >= 4 is 5.71 Å². The molecule has 0 aliphatic rings. The molecule has 0 saturated carbocycles. The molecule has 0 atom stereocenters. The molecule has 0 saturated heterocycles. The number of aliphatic hydroxyl groups excluding tert-OH is 1. The van der Waals surface area contributed by atoms with Crippen molar-refractivity contribution in [2.24, 2.45) is 5.16 Å². The lowest BCUT2D eigenvalue weighted by atomic mass is 10.1. The monoisotopic (exact) mass is 253 g/mol. The molecule has 0 radical (unpaired) electrons. The molecule has 1 aromatic rings. The Morgan fingerprint density at radius 2 is 2.06 bits per heavy atom. The predicted molar refractivity (Wildman–Crippen MR) is 68.6 cm³/mol. The van der Waals surface area contributed by atoms with Crippen LogP contribution < -0.4 is 4.74 Å². The number of nitrogens with zero attached hydrogens (tertiary/aromatic N) is 1. The zero-order chi connectivity index (χ0) is 13.4. The third-order valence-corrected chi connectivity index (χ3v) is 2.40. The average Bonchev–Trinajstić information content (AvgIpc) is 2.39. The van der Waals surface area contributed by atoms with E-state index in [4.69, 9.17) is 19.8 Å². The van der Waals surface area contributed by atoms with Gasteiger partial charge in [-0.1, -0.05) is 16.8 Å². The summed E-state index contributed by atoms with van der Waals surface area (Å²) in [6.45, 7) is 4.78. The molecule has 0 aromatic heterocycles. The Morgan fingerprint density at radius 3 is 2.72 bits per heavy atom. The maximum absolute atomic E-state index is 8.83. The summed E-state index contributed by atoms with van der Waals surface area (Å²) >= 11 is 0. The maximum atomic E-state index is 8.83. The van der Waals surface area contributed by atoms with Crippen molar-refractivity contribution in [1.82, 2.24) is 0 Å². The van der Waals surface area contributed by atoms with Gasteiger partial charge in [0.25, 0.3) is 0 Å². The number of hydrogen-bond donors (Lipinski definition) is 2. The lowest BCUT2D eigenvalue weighted by Gasteiger charge is -2.11. The largest absolute Gasteiger partial charge is 0.490 e. The molecule has 0 bridgehead atoms. The first-order valence-electron chi connectivity index (χ1n) is 5.80. The van der Waals surface area contributed by atoms with E-state index in [1.807, 2.05) is 25.1 Å². The summed E-state index contributed by atoms with van der Waals surface area (Å²) < 4.78 is 10.7. The van der Waals surface area contributed by atoms with Gasteiger partial charge in [0, 0.05) is 5.56 Å². The van der Waals surface area contributed by atoms with E-state index in [0.717, 1.165) is 11.1 Å². The Kier molecular flexibility index (Phi) is 6.18. The quantitative estimate of drug-likeness (QED) is 0.335. The first-order chi connectivity index (χ1) is 8.69. The topological polar surface area (TPSA) is 71.3 Å². The zero-order valence-electron chi connectivity index (χ0n) is 10.7. The first-order valence-corrected chi connectivity index (χ1v) is 5.80. The standard InChI is InChI=1S/C13H19NO4/c1-10-3-4-13(12(9-10)11(2)14-16)18-8-7-17-6-5-15/h3-4,9,15-16H,5-8H2,1-2H3/b14-11-. The molecule has 5 nitrogen and oxygen atoms in total. The van der Waals surface area contributed by atoms with E-state index < -0.39 is 0 Å². The molecule has 2 N–H and O–H groups in total. The summed E-state index contributed by atoms with van der Waals surface area (Å²) in [7, 11) is 0. The Bertz CT molecular complexity index is 404.